The van der Waals surface area contributed by atoms with Crippen LogP contribution in [0.15, 0.2) is 109 Å². The summed E-state index contributed by atoms with van der Waals surface area (Å²) in [6.07, 6.45) is 12.2. The van der Waals surface area contributed by atoms with Crippen LogP contribution in [0.3, 0.4) is 0 Å². The third-order valence-corrected chi connectivity index (χ3v) is 13.0. The zero-order valence-electron chi connectivity index (χ0n) is 36.1. The smallest absolute Gasteiger partial charge is 0.00178 e. The van der Waals surface area contributed by atoms with Crippen LogP contribution in [-0.4, -0.2) is 3.21 Å². The minimum atomic E-state index is 0. The van der Waals surface area contributed by atoms with E-state index in [2.05, 4.69) is 200 Å². The van der Waals surface area contributed by atoms with Gasteiger partial charge in [0.15, 0.2) is 0 Å². The van der Waals surface area contributed by atoms with Crippen LogP contribution in [0.5, 0.6) is 0 Å². The molecule has 0 saturated carbocycles. The Morgan fingerprint density at radius 2 is 1.00 bits per heavy atom. The number of rotatable bonds is 2. The van der Waals surface area contributed by atoms with Crippen LogP contribution >= 0.6 is 0 Å². The van der Waals surface area contributed by atoms with E-state index in [0.717, 1.165) is 0 Å². The SMILES string of the molecule is CC(C)(C)c1ccc([C](=[Zr+2])c2ccc(C(C)(C)C)cc2)cc1.CC1=CC(C)(C)c2cc3[cH-]c4cc5c(cc4c3cc21)C(C)=CC5(C)C.CC1=CC(C)[C-]=C1.[Cl-].[Cl-]. The standard InChI is InChI=1S/C25H25.C21H26.C7H9.2ClH.Zr/c1-14-12-24(3,4)22-8-16-7-17-9-23-19(15(2)13-25(23,5)6)11-21(17)20(16)10-18(14)22;1-20(2,3)18-11-7-16(8-12-18)15-17-9-13-19(14-10-17)21(4,5)6;1-6-3-4-7(2)5-6;;;/h7-13H,1-6H3;7-14H,1-6H3;3,5,7H,1-2H3;2*1H;/q-1;;-1;;;+2/p-2. The van der Waals surface area contributed by atoms with Crippen LogP contribution in [0.4, 0.5) is 0 Å². The Balaban J connectivity index is 0.000000207. The monoisotopic (exact) mass is 856 g/mol. The van der Waals surface area contributed by atoms with Crippen molar-refractivity contribution in [2.24, 2.45) is 5.92 Å². The van der Waals surface area contributed by atoms with Gasteiger partial charge in [-0.25, -0.2) is 11.6 Å². The van der Waals surface area contributed by atoms with Crippen LogP contribution in [0, 0.1) is 12.0 Å². The predicted molar refractivity (Wildman–Crippen MR) is 235 cm³/mol. The summed E-state index contributed by atoms with van der Waals surface area (Å²) in [7, 11) is 0. The van der Waals surface area contributed by atoms with Gasteiger partial charge in [-0.15, -0.1) is 46.7 Å². The summed E-state index contributed by atoms with van der Waals surface area (Å²) in [5.74, 6) is 0.556. The molecule has 56 heavy (non-hydrogen) atoms. The molecule has 0 aromatic heterocycles. The largest absolute Gasteiger partial charge is 1.00 e. The molecule has 5 aromatic carbocycles. The molecule has 3 heteroatoms. The molecular weight excluding hydrogens is 799 g/mol. The Bertz CT molecular complexity index is 2220. The first-order chi connectivity index (χ1) is 25.0. The molecule has 0 saturated heterocycles. The second-order valence-electron chi connectivity index (χ2n) is 19.3. The van der Waals surface area contributed by atoms with Crippen molar-refractivity contribution in [2.45, 2.75) is 119 Å². The van der Waals surface area contributed by atoms with E-state index in [4.69, 9.17) is 0 Å². The van der Waals surface area contributed by atoms with Crippen molar-refractivity contribution in [2.75, 3.05) is 0 Å². The average molecular weight is 859 g/mol. The first-order valence-corrected chi connectivity index (χ1v) is 21.0. The van der Waals surface area contributed by atoms with Gasteiger partial charge in [0, 0.05) is 10.8 Å². The van der Waals surface area contributed by atoms with Crippen LogP contribution in [0.2, 0.25) is 0 Å². The zero-order chi connectivity index (χ0) is 39.5. The van der Waals surface area contributed by atoms with E-state index in [-0.39, 0.29) is 46.5 Å². The van der Waals surface area contributed by atoms with E-state index in [9.17, 15) is 0 Å². The maximum absolute atomic E-state index is 3.15. The van der Waals surface area contributed by atoms with Crippen LogP contribution in [-0.2, 0) is 45.9 Å². The van der Waals surface area contributed by atoms with Crippen molar-refractivity contribution in [1.29, 1.82) is 0 Å². The molecule has 0 bridgehead atoms. The van der Waals surface area contributed by atoms with Gasteiger partial charge >= 0.3 is 151 Å². The molecule has 8 rings (SSSR count). The second kappa shape index (κ2) is 16.7. The van der Waals surface area contributed by atoms with E-state index in [1.165, 1.54) is 110 Å². The number of benzene rings is 4. The molecule has 0 amide bonds. The summed E-state index contributed by atoms with van der Waals surface area (Å²) < 4.78 is 1.42. The molecule has 3 aliphatic carbocycles. The van der Waals surface area contributed by atoms with Crippen LogP contribution < -0.4 is 24.8 Å². The molecule has 0 radical (unpaired) electrons. The molecule has 292 valence electrons. The molecule has 0 aliphatic heterocycles. The maximum Gasteiger partial charge on any atom is 0.00178 e. The van der Waals surface area contributed by atoms with Crippen molar-refractivity contribution >= 4 is 35.9 Å². The molecule has 0 heterocycles. The summed E-state index contributed by atoms with van der Waals surface area (Å²) >= 11 is 1.46. The van der Waals surface area contributed by atoms with Crippen molar-refractivity contribution < 1.29 is 49.0 Å². The number of halogens is 2. The van der Waals surface area contributed by atoms with Gasteiger partial charge in [-0.3, -0.25) is 6.08 Å². The van der Waals surface area contributed by atoms with Gasteiger partial charge in [0.2, 0.25) is 0 Å². The second-order valence-corrected chi connectivity index (χ2v) is 20.5. The Morgan fingerprint density at radius 3 is 1.29 bits per heavy atom. The third-order valence-electron chi connectivity index (χ3n) is 11.5. The predicted octanol–water partition coefficient (Wildman–Crippen LogP) is 8.45. The molecule has 1 unspecified atom stereocenters. The fraction of sp³-hybridized carbons (Fsp3) is 0.358. The van der Waals surface area contributed by atoms with Gasteiger partial charge in [0.1, 0.15) is 0 Å². The van der Waals surface area contributed by atoms with E-state index in [0.29, 0.717) is 5.92 Å². The zero-order valence-corrected chi connectivity index (χ0v) is 40.1. The van der Waals surface area contributed by atoms with Gasteiger partial charge in [-0.1, -0.05) is 75.9 Å². The van der Waals surface area contributed by atoms with E-state index in [1.807, 2.05) is 6.08 Å². The molecule has 0 nitrogen and oxygen atoms in total. The summed E-state index contributed by atoms with van der Waals surface area (Å²) in [6.45, 7) is 31.6. The quantitative estimate of drug-likeness (QED) is 0.157. The molecule has 0 fully saturated rings. The summed E-state index contributed by atoms with van der Waals surface area (Å²) in [6, 6.07) is 30.2. The Hall–Kier alpha value is -2.96. The van der Waals surface area contributed by atoms with E-state index < -0.39 is 0 Å². The minimum absolute atomic E-state index is 0. The molecule has 3 aliphatic rings. The van der Waals surface area contributed by atoms with Crippen molar-refractivity contribution in [3.63, 3.8) is 0 Å². The van der Waals surface area contributed by atoms with Gasteiger partial charge in [-0.05, 0) is 36.1 Å². The molecule has 0 N–H and O–H groups in total. The van der Waals surface area contributed by atoms with Crippen molar-refractivity contribution in [1.82, 2.24) is 0 Å². The van der Waals surface area contributed by atoms with Crippen molar-refractivity contribution in [3.8, 4) is 0 Å². The van der Waals surface area contributed by atoms with Gasteiger partial charge in [-0.2, -0.15) is 6.08 Å². The minimum Gasteiger partial charge on any atom is -1.00 e. The Kier molecular flexibility index (Phi) is 13.7. The summed E-state index contributed by atoms with van der Waals surface area (Å²) in [5, 5.41) is 5.57. The molecule has 1 atom stereocenters. The first-order valence-electron chi connectivity index (χ1n) is 19.7. The number of hydrogen-bond donors (Lipinski definition) is 0. The first kappa shape index (κ1) is 45.7. The number of hydrogen-bond acceptors (Lipinski definition) is 0. The average Bonchev–Trinajstić information content (AvgIpc) is 3.78. The molecular formula is C53H60Cl2Zr-2. The van der Waals surface area contributed by atoms with E-state index >= 15 is 0 Å². The number of allylic oxidation sites excluding steroid dienone is 8. The fourth-order valence-electron chi connectivity index (χ4n) is 8.41. The van der Waals surface area contributed by atoms with Crippen LogP contribution in [0.25, 0.3) is 32.7 Å². The van der Waals surface area contributed by atoms with Gasteiger partial charge < -0.3 is 24.8 Å². The fourth-order valence-corrected chi connectivity index (χ4v) is 9.23. The summed E-state index contributed by atoms with van der Waals surface area (Å²) in [5.41, 5.74) is 16.1. The Morgan fingerprint density at radius 1 is 0.625 bits per heavy atom. The third kappa shape index (κ3) is 9.49. The maximum atomic E-state index is 3.15. The number of fused-ring (bicyclic) bond motifs is 5. The molecule has 5 aromatic rings. The summed E-state index contributed by atoms with van der Waals surface area (Å²) in [4.78, 5) is 0. The van der Waals surface area contributed by atoms with Crippen molar-refractivity contribution in [3.05, 3.63) is 159 Å². The van der Waals surface area contributed by atoms with Gasteiger partial charge in [0.25, 0.3) is 0 Å². The van der Waals surface area contributed by atoms with Crippen LogP contribution in [0.1, 0.15) is 141 Å². The normalized spacial score (nSPS) is 17.3. The van der Waals surface area contributed by atoms with E-state index in [1.54, 1.807) is 0 Å². The molecule has 0 spiro atoms. The van der Waals surface area contributed by atoms with Gasteiger partial charge in [0.05, 0.1) is 0 Å². The topological polar surface area (TPSA) is 0 Å². The Labute approximate surface area is 366 Å².